The topological polar surface area (TPSA) is 57.7 Å². The summed E-state index contributed by atoms with van der Waals surface area (Å²) in [6.45, 7) is 9.72. The molecule has 1 aliphatic heterocycles. The maximum Gasteiger partial charge on any atom is 0.243 e. The number of amides is 1. The molecule has 0 aromatic heterocycles. The fraction of sp³-hybridized carbons (Fsp3) is 0.500. The van der Waals surface area contributed by atoms with Gasteiger partial charge in [0.05, 0.1) is 4.90 Å². The summed E-state index contributed by atoms with van der Waals surface area (Å²) in [6.07, 6.45) is 1.13. The van der Waals surface area contributed by atoms with Crippen molar-refractivity contribution in [2.75, 3.05) is 26.2 Å². The van der Waals surface area contributed by atoms with Gasteiger partial charge in [-0.05, 0) is 38.8 Å². The van der Waals surface area contributed by atoms with Crippen LogP contribution in [0, 0.1) is 5.92 Å². The highest BCUT2D eigenvalue weighted by Gasteiger charge is 2.33. The number of piperidine rings is 1. The molecule has 0 spiro atoms. The van der Waals surface area contributed by atoms with E-state index in [-0.39, 0.29) is 11.8 Å². The predicted octanol–water partition coefficient (Wildman–Crippen LogP) is 2.51. The van der Waals surface area contributed by atoms with Crippen LogP contribution in [0.3, 0.4) is 0 Å². The average molecular weight is 350 g/mol. The third-order valence-corrected chi connectivity index (χ3v) is 6.25. The van der Waals surface area contributed by atoms with Crippen molar-refractivity contribution in [3.63, 3.8) is 0 Å². The molecule has 1 aromatic carbocycles. The van der Waals surface area contributed by atoms with Gasteiger partial charge in [0.15, 0.2) is 0 Å². The van der Waals surface area contributed by atoms with E-state index in [0.29, 0.717) is 43.9 Å². The summed E-state index contributed by atoms with van der Waals surface area (Å²) >= 11 is 0. The zero-order chi connectivity index (χ0) is 17.7. The Morgan fingerprint density at radius 3 is 2.33 bits per heavy atom. The Hall–Kier alpha value is -1.66. The Morgan fingerprint density at radius 2 is 1.83 bits per heavy atom. The molecule has 1 heterocycles. The molecular formula is C18H26N2O3S. The molecule has 24 heavy (non-hydrogen) atoms. The molecule has 5 nitrogen and oxygen atoms in total. The first-order valence-electron chi connectivity index (χ1n) is 8.34. The zero-order valence-corrected chi connectivity index (χ0v) is 15.3. The van der Waals surface area contributed by atoms with E-state index in [2.05, 4.69) is 6.58 Å². The number of hydrogen-bond acceptors (Lipinski definition) is 3. The maximum atomic E-state index is 12.6. The van der Waals surface area contributed by atoms with E-state index in [9.17, 15) is 13.2 Å². The van der Waals surface area contributed by atoms with Crippen molar-refractivity contribution < 1.29 is 13.2 Å². The number of likely N-dealkylation sites (N-methyl/N-ethyl adjacent to an activating group) is 1. The van der Waals surface area contributed by atoms with Gasteiger partial charge in [0.25, 0.3) is 0 Å². The van der Waals surface area contributed by atoms with Gasteiger partial charge < -0.3 is 4.90 Å². The number of hydrogen-bond donors (Lipinski definition) is 0. The molecule has 1 fully saturated rings. The SMILES string of the molecule is C=C(C)CN(CC)C(=O)C1CCN(S(=O)(=O)c2ccccc2)CC1. The van der Waals surface area contributed by atoms with Crippen LogP contribution in [0.25, 0.3) is 0 Å². The van der Waals surface area contributed by atoms with E-state index < -0.39 is 10.0 Å². The van der Waals surface area contributed by atoms with Crippen molar-refractivity contribution in [2.45, 2.75) is 31.6 Å². The number of nitrogens with zero attached hydrogens (tertiary/aromatic N) is 2. The molecule has 2 rings (SSSR count). The number of carbonyl (C=O) groups is 1. The number of sulfonamides is 1. The minimum Gasteiger partial charge on any atom is -0.339 e. The molecule has 0 radical (unpaired) electrons. The summed E-state index contributed by atoms with van der Waals surface area (Å²) in [6, 6.07) is 8.46. The molecule has 1 amide bonds. The van der Waals surface area contributed by atoms with Crippen molar-refractivity contribution in [1.29, 1.82) is 0 Å². The molecule has 0 bridgehead atoms. The van der Waals surface area contributed by atoms with Crippen LogP contribution in [-0.4, -0.2) is 49.7 Å². The van der Waals surface area contributed by atoms with Gasteiger partial charge in [-0.3, -0.25) is 4.79 Å². The zero-order valence-electron chi connectivity index (χ0n) is 14.4. The third kappa shape index (κ3) is 4.24. The first kappa shape index (κ1) is 18.7. The Labute approximate surface area is 145 Å². The van der Waals surface area contributed by atoms with Crippen LogP contribution in [0.15, 0.2) is 47.4 Å². The second-order valence-corrected chi connectivity index (χ2v) is 8.24. The van der Waals surface area contributed by atoms with Crippen LogP contribution in [0.2, 0.25) is 0 Å². The van der Waals surface area contributed by atoms with E-state index in [4.69, 9.17) is 0 Å². The molecule has 0 saturated carbocycles. The van der Waals surface area contributed by atoms with E-state index in [0.717, 1.165) is 5.57 Å². The smallest absolute Gasteiger partial charge is 0.243 e. The summed E-state index contributed by atoms with van der Waals surface area (Å²) < 4.78 is 26.7. The van der Waals surface area contributed by atoms with Gasteiger partial charge in [0.1, 0.15) is 0 Å². The maximum absolute atomic E-state index is 12.6. The lowest BCUT2D eigenvalue weighted by atomic mass is 9.96. The molecule has 1 aliphatic rings. The third-order valence-electron chi connectivity index (χ3n) is 4.34. The number of carbonyl (C=O) groups excluding carboxylic acids is 1. The standard InChI is InChI=1S/C18H26N2O3S/c1-4-19(14-15(2)3)18(21)16-10-12-20(13-11-16)24(22,23)17-8-6-5-7-9-17/h5-9,16H,2,4,10-14H2,1,3H3. The van der Waals surface area contributed by atoms with Crippen LogP contribution in [0.1, 0.15) is 26.7 Å². The lowest BCUT2D eigenvalue weighted by molar-refractivity contribution is -0.136. The Balaban J connectivity index is 2.00. The molecule has 0 N–H and O–H groups in total. The van der Waals surface area contributed by atoms with Gasteiger partial charge in [0.2, 0.25) is 15.9 Å². The molecule has 0 aliphatic carbocycles. The molecule has 6 heteroatoms. The summed E-state index contributed by atoms with van der Waals surface area (Å²) in [5.41, 5.74) is 0.953. The number of rotatable bonds is 6. The van der Waals surface area contributed by atoms with Crippen LogP contribution in [0.4, 0.5) is 0 Å². The summed E-state index contributed by atoms with van der Waals surface area (Å²) in [5.74, 6) is 0.00350. The van der Waals surface area contributed by atoms with Crippen LogP contribution in [-0.2, 0) is 14.8 Å². The Bertz CT molecular complexity index is 677. The minimum atomic E-state index is -3.46. The molecule has 1 saturated heterocycles. The van der Waals surface area contributed by atoms with Crippen LogP contribution < -0.4 is 0 Å². The van der Waals surface area contributed by atoms with Crippen LogP contribution >= 0.6 is 0 Å². The monoisotopic (exact) mass is 350 g/mol. The van der Waals surface area contributed by atoms with E-state index in [1.807, 2.05) is 13.8 Å². The molecule has 0 atom stereocenters. The molecule has 1 aromatic rings. The van der Waals surface area contributed by atoms with E-state index in [1.165, 1.54) is 4.31 Å². The number of benzene rings is 1. The van der Waals surface area contributed by atoms with Gasteiger partial charge in [-0.2, -0.15) is 4.31 Å². The van der Waals surface area contributed by atoms with E-state index in [1.54, 1.807) is 35.2 Å². The lowest BCUT2D eigenvalue weighted by Crippen LogP contribution is -2.44. The van der Waals surface area contributed by atoms with Gasteiger partial charge in [-0.15, -0.1) is 0 Å². The second-order valence-electron chi connectivity index (χ2n) is 6.30. The fourth-order valence-electron chi connectivity index (χ4n) is 3.01. The largest absolute Gasteiger partial charge is 0.339 e. The van der Waals surface area contributed by atoms with Gasteiger partial charge >= 0.3 is 0 Å². The summed E-state index contributed by atoms with van der Waals surface area (Å²) in [4.78, 5) is 14.7. The van der Waals surface area contributed by atoms with Crippen molar-refractivity contribution >= 4 is 15.9 Å². The van der Waals surface area contributed by atoms with Crippen molar-refractivity contribution in [1.82, 2.24) is 9.21 Å². The van der Waals surface area contributed by atoms with Gasteiger partial charge in [0, 0.05) is 32.1 Å². The normalized spacial score (nSPS) is 16.8. The Kier molecular flexibility index (Phi) is 6.18. The first-order valence-corrected chi connectivity index (χ1v) is 9.78. The van der Waals surface area contributed by atoms with Crippen molar-refractivity contribution in [3.05, 3.63) is 42.5 Å². The lowest BCUT2D eigenvalue weighted by Gasteiger charge is -2.33. The van der Waals surface area contributed by atoms with Gasteiger partial charge in [-0.1, -0.05) is 30.4 Å². The Morgan fingerprint density at radius 1 is 1.25 bits per heavy atom. The minimum absolute atomic E-state index is 0.105. The highest BCUT2D eigenvalue weighted by atomic mass is 32.2. The second kappa shape index (κ2) is 7.94. The highest BCUT2D eigenvalue weighted by Crippen LogP contribution is 2.25. The van der Waals surface area contributed by atoms with Crippen molar-refractivity contribution in [3.8, 4) is 0 Å². The first-order chi connectivity index (χ1) is 11.4. The fourth-order valence-corrected chi connectivity index (χ4v) is 4.50. The average Bonchev–Trinajstić information content (AvgIpc) is 2.59. The van der Waals surface area contributed by atoms with E-state index >= 15 is 0 Å². The predicted molar refractivity (Wildman–Crippen MR) is 95.0 cm³/mol. The quantitative estimate of drug-likeness (QED) is 0.741. The summed E-state index contributed by atoms with van der Waals surface area (Å²) in [7, 11) is -3.46. The van der Waals surface area contributed by atoms with Gasteiger partial charge in [-0.25, -0.2) is 8.42 Å². The molecule has 0 unspecified atom stereocenters. The van der Waals surface area contributed by atoms with Crippen LogP contribution in [0.5, 0.6) is 0 Å². The highest BCUT2D eigenvalue weighted by molar-refractivity contribution is 7.89. The molecular weight excluding hydrogens is 324 g/mol. The van der Waals surface area contributed by atoms with Crippen molar-refractivity contribution in [2.24, 2.45) is 5.92 Å². The molecule has 132 valence electrons. The summed E-state index contributed by atoms with van der Waals surface area (Å²) in [5, 5.41) is 0.